The lowest BCUT2D eigenvalue weighted by molar-refractivity contribution is 0.292. The largest absolute Gasteiger partial charge is 0.254 e. The summed E-state index contributed by atoms with van der Waals surface area (Å²) in [6.07, 6.45) is 3.12. The molecule has 0 radical (unpaired) electrons. The summed E-state index contributed by atoms with van der Waals surface area (Å²) >= 11 is 6.68. The third-order valence-electron chi connectivity index (χ3n) is 2.83. The lowest BCUT2D eigenvalue weighted by atomic mass is 10.0. The van der Waals surface area contributed by atoms with Crippen molar-refractivity contribution in [1.29, 1.82) is 0 Å². The number of hydrogen-bond donors (Lipinski definition) is 0. The van der Waals surface area contributed by atoms with Gasteiger partial charge in [0.1, 0.15) is 0 Å². The summed E-state index contributed by atoms with van der Waals surface area (Å²) in [6, 6.07) is 0. The molecule has 1 aromatic heterocycles. The third kappa shape index (κ3) is 1.99. The first-order chi connectivity index (χ1) is 7.34. The van der Waals surface area contributed by atoms with E-state index in [0.29, 0.717) is 6.54 Å². The molecule has 0 spiro atoms. The van der Waals surface area contributed by atoms with Gasteiger partial charge in [-0.1, -0.05) is 22.9 Å². The number of hydrogen-bond acceptors (Lipinski definition) is 4. The normalized spacial score (nSPS) is 21.4. The average Bonchev–Trinajstić information content (AvgIpc) is 2.71. The Kier molecular flexibility index (Phi) is 3.03. The summed E-state index contributed by atoms with van der Waals surface area (Å²) in [6.45, 7) is 4.46. The van der Waals surface area contributed by atoms with Gasteiger partial charge in [0, 0.05) is 12.1 Å². The first-order valence-electron chi connectivity index (χ1n) is 4.98. The summed E-state index contributed by atoms with van der Waals surface area (Å²) in [5.74, 6) is 0. The maximum atomic E-state index is 12.3. The maximum absolute atomic E-state index is 12.3. The van der Waals surface area contributed by atoms with Crippen molar-refractivity contribution in [1.82, 2.24) is 9.29 Å². The molecule has 7 heteroatoms. The van der Waals surface area contributed by atoms with Gasteiger partial charge in [0.2, 0.25) is 0 Å². The fraction of sp³-hybridized carbons (Fsp3) is 0.667. The van der Waals surface area contributed by atoms with Crippen molar-refractivity contribution >= 4 is 33.0 Å². The molecule has 1 aliphatic heterocycles. The standard InChI is InChI=1S/C9H13ClN2O2S2/c1-9(2)4-3-5-12(9)16(13,14)7-6-11-8(10)15-7/h6H,3-5H2,1-2H3. The molecular weight excluding hydrogens is 268 g/mol. The van der Waals surface area contributed by atoms with Crippen LogP contribution in [0.1, 0.15) is 26.7 Å². The third-order valence-corrected chi connectivity index (χ3v) is 6.49. The van der Waals surface area contributed by atoms with Crippen LogP contribution < -0.4 is 0 Å². The SMILES string of the molecule is CC1(C)CCCN1S(=O)(=O)c1cnc(Cl)s1. The second kappa shape index (κ2) is 3.94. The lowest BCUT2D eigenvalue weighted by Gasteiger charge is -2.29. The highest BCUT2D eigenvalue weighted by Gasteiger charge is 2.41. The summed E-state index contributed by atoms with van der Waals surface area (Å²) in [5, 5.41) is 0. The Labute approximate surface area is 104 Å². The molecule has 0 amide bonds. The van der Waals surface area contributed by atoms with Crippen molar-refractivity contribution < 1.29 is 8.42 Å². The smallest absolute Gasteiger partial charge is 0.232 e. The molecule has 1 aliphatic rings. The van der Waals surface area contributed by atoms with Crippen molar-refractivity contribution in [2.24, 2.45) is 0 Å². The quantitative estimate of drug-likeness (QED) is 0.836. The number of thiazole rings is 1. The van der Waals surface area contributed by atoms with E-state index in [-0.39, 0.29) is 14.2 Å². The highest BCUT2D eigenvalue weighted by Crippen LogP contribution is 2.35. The van der Waals surface area contributed by atoms with Crippen LogP contribution in [0, 0.1) is 0 Å². The van der Waals surface area contributed by atoms with Crippen molar-refractivity contribution in [2.45, 2.75) is 36.4 Å². The molecule has 0 N–H and O–H groups in total. The van der Waals surface area contributed by atoms with Gasteiger partial charge in [-0.3, -0.25) is 0 Å². The highest BCUT2D eigenvalue weighted by atomic mass is 35.5. The van der Waals surface area contributed by atoms with E-state index in [4.69, 9.17) is 11.6 Å². The van der Waals surface area contributed by atoms with Crippen LogP contribution in [0.5, 0.6) is 0 Å². The number of rotatable bonds is 2. The minimum absolute atomic E-state index is 0.229. The van der Waals surface area contributed by atoms with Crippen molar-refractivity contribution in [3.05, 3.63) is 10.7 Å². The lowest BCUT2D eigenvalue weighted by Crippen LogP contribution is -2.42. The molecule has 0 unspecified atom stereocenters. The molecule has 0 aromatic carbocycles. The van der Waals surface area contributed by atoms with Gasteiger partial charge in [-0.25, -0.2) is 13.4 Å². The highest BCUT2D eigenvalue weighted by molar-refractivity contribution is 7.91. The topological polar surface area (TPSA) is 50.3 Å². The molecule has 1 fully saturated rings. The zero-order valence-electron chi connectivity index (χ0n) is 9.10. The van der Waals surface area contributed by atoms with E-state index in [1.54, 1.807) is 4.31 Å². The van der Waals surface area contributed by atoms with Crippen molar-refractivity contribution in [3.8, 4) is 0 Å². The predicted octanol–water partition coefficient (Wildman–Crippen LogP) is 2.36. The van der Waals surface area contributed by atoms with Crippen LogP contribution in [-0.4, -0.2) is 29.8 Å². The van der Waals surface area contributed by atoms with Gasteiger partial charge < -0.3 is 0 Å². The molecule has 2 rings (SSSR count). The molecule has 90 valence electrons. The number of sulfonamides is 1. The molecular formula is C9H13ClN2O2S2. The summed E-state index contributed by atoms with van der Waals surface area (Å²) < 4.78 is 26.6. The number of halogens is 1. The van der Waals surface area contributed by atoms with E-state index >= 15 is 0 Å². The zero-order valence-corrected chi connectivity index (χ0v) is 11.5. The van der Waals surface area contributed by atoms with E-state index < -0.39 is 10.0 Å². The van der Waals surface area contributed by atoms with Crippen LogP contribution in [0.4, 0.5) is 0 Å². The number of nitrogens with zero attached hydrogens (tertiary/aromatic N) is 2. The molecule has 0 saturated carbocycles. The molecule has 0 bridgehead atoms. The summed E-state index contributed by atoms with van der Waals surface area (Å²) in [5.41, 5.74) is -0.310. The molecule has 2 heterocycles. The average molecular weight is 281 g/mol. The van der Waals surface area contributed by atoms with Crippen LogP contribution in [-0.2, 0) is 10.0 Å². The second-order valence-electron chi connectivity index (χ2n) is 4.43. The van der Waals surface area contributed by atoms with E-state index in [1.807, 2.05) is 13.8 Å². The van der Waals surface area contributed by atoms with Crippen LogP contribution in [0.15, 0.2) is 10.4 Å². The Balaban J connectivity index is 2.40. The van der Waals surface area contributed by atoms with Crippen LogP contribution >= 0.6 is 22.9 Å². The fourth-order valence-electron chi connectivity index (χ4n) is 2.00. The summed E-state index contributed by atoms with van der Waals surface area (Å²) in [7, 11) is -3.42. The minimum Gasteiger partial charge on any atom is -0.232 e. The molecule has 16 heavy (non-hydrogen) atoms. The molecule has 1 aromatic rings. The van der Waals surface area contributed by atoms with Gasteiger partial charge in [0.05, 0.1) is 6.20 Å². The Bertz CT molecular complexity index is 495. The molecule has 1 saturated heterocycles. The minimum atomic E-state index is -3.42. The first kappa shape index (κ1) is 12.3. The Morgan fingerprint density at radius 1 is 1.56 bits per heavy atom. The van der Waals surface area contributed by atoms with Gasteiger partial charge in [0.15, 0.2) is 8.68 Å². The van der Waals surface area contributed by atoms with Gasteiger partial charge in [0.25, 0.3) is 10.0 Å². The first-order valence-corrected chi connectivity index (χ1v) is 7.62. The monoisotopic (exact) mass is 280 g/mol. The van der Waals surface area contributed by atoms with E-state index in [2.05, 4.69) is 4.98 Å². The van der Waals surface area contributed by atoms with Gasteiger partial charge in [-0.15, -0.1) is 0 Å². The maximum Gasteiger partial charge on any atom is 0.254 e. The Hall–Kier alpha value is -0.170. The Morgan fingerprint density at radius 2 is 2.25 bits per heavy atom. The zero-order chi connectivity index (χ0) is 12.0. The van der Waals surface area contributed by atoms with Gasteiger partial charge in [-0.05, 0) is 26.7 Å². The van der Waals surface area contributed by atoms with Crippen molar-refractivity contribution in [2.75, 3.05) is 6.54 Å². The van der Waals surface area contributed by atoms with Crippen LogP contribution in [0.25, 0.3) is 0 Å². The van der Waals surface area contributed by atoms with Crippen molar-refractivity contribution in [3.63, 3.8) is 0 Å². The summed E-state index contributed by atoms with van der Waals surface area (Å²) in [4.78, 5) is 3.78. The fourth-order valence-corrected chi connectivity index (χ4v) is 5.25. The Morgan fingerprint density at radius 3 is 2.69 bits per heavy atom. The molecule has 0 aliphatic carbocycles. The van der Waals surface area contributed by atoms with E-state index in [0.717, 1.165) is 24.2 Å². The van der Waals surface area contributed by atoms with E-state index in [9.17, 15) is 8.42 Å². The molecule has 4 nitrogen and oxygen atoms in total. The van der Waals surface area contributed by atoms with Gasteiger partial charge >= 0.3 is 0 Å². The predicted molar refractivity (Wildman–Crippen MR) is 64.3 cm³/mol. The molecule has 0 atom stereocenters. The van der Waals surface area contributed by atoms with Crippen LogP contribution in [0.2, 0.25) is 4.47 Å². The second-order valence-corrected chi connectivity index (χ2v) is 8.13. The van der Waals surface area contributed by atoms with Gasteiger partial charge in [-0.2, -0.15) is 4.31 Å². The van der Waals surface area contributed by atoms with Crippen LogP contribution in [0.3, 0.4) is 0 Å². The van der Waals surface area contributed by atoms with E-state index in [1.165, 1.54) is 6.20 Å². The number of aromatic nitrogens is 1.